The predicted octanol–water partition coefficient (Wildman–Crippen LogP) is 5.25. The van der Waals surface area contributed by atoms with Crippen molar-refractivity contribution in [2.24, 2.45) is 0 Å². The number of rotatable bonds is 7. The lowest BCUT2D eigenvalue weighted by Crippen LogP contribution is -2.14. The molecule has 6 heteroatoms. The van der Waals surface area contributed by atoms with Crippen LogP contribution < -0.4 is 14.8 Å². The Bertz CT molecular complexity index is 904. The van der Waals surface area contributed by atoms with E-state index in [0.717, 1.165) is 10.7 Å². The van der Waals surface area contributed by atoms with Crippen LogP contribution in [0.15, 0.2) is 53.9 Å². The van der Waals surface area contributed by atoms with E-state index in [1.807, 2.05) is 53.9 Å². The van der Waals surface area contributed by atoms with Crippen molar-refractivity contribution in [2.75, 3.05) is 12.4 Å². The molecule has 27 heavy (non-hydrogen) atoms. The van der Waals surface area contributed by atoms with Crippen molar-refractivity contribution in [2.45, 2.75) is 26.2 Å². The minimum absolute atomic E-state index is 0.0889. The van der Waals surface area contributed by atoms with E-state index < -0.39 is 0 Å². The summed E-state index contributed by atoms with van der Waals surface area (Å²) in [6.07, 6.45) is 0.267. The van der Waals surface area contributed by atoms with Crippen LogP contribution in [0.5, 0.6) is 17.2 Å². The zero-order valence-electron chi connectivity index (χ0n) is 15.6. The summed E-state index contributed by atoms with van der Waals surface area (Å²) in [4.78, 5) is 16.7. The van der Waals surface area contributed by atoms with E-state index in [4.69, 9.17) is 9.47 Å². The van der Waals surface area contributed by atoms with Crippen molar-refractivity contribution in [3.63, 3.8) is 0 Å². The second kappa shape index (κ2) is 8.68. The molecule has 0 fully saturated rings. The third-order valence-corrected chi connectivity index (χ3v) is 5.03. The Morgan fingerprint density at radius 2 is 1.81 bits per heavy atom. The van der Waals surface area contributed by atoms with Gasteiger partial charge in [0, 0.05) is 17.0 Å². The third-order valence-electron chi connectivity index (χ3n) is 3.84. The number of nitrogens with zero attached hydrogens (tertiary/aromatic N) is 1. The lowest BCUT2D eigenvalue weighted by Gasteiger charge is -2.10. The van der Waals surface area contributed by atoms with Crippen molar-refractivity contribution in [3.8, 4) is 17.2 Å². The topological polar surface area (TPSA) is 60.5 Å². The van der Waals surface area contributed by atoms with Crippen molar-refractivity contribution < 1.29 is 14.3 Å². The molecule has 0 saturated carbocycles. The molecule has 5 nitrogen and oxygen atoms in total. The largest absolute Gasteiger partial charge is 0.493 e. The first kappa shape index (κ1) is 18.9. The molecule has 0 aliphatic carbocycles. The Balaban J connectivity index is 1.59. The first-order chi connectivity index (χ1) is 13.0. The highest BCUT2D eigenvalue weighted by molar-refractivity contribution is 7.09. The van der Waals surface area contributed by atoms with Crippen molar-refractivity contribution >= 4 is 22.9 Å². The van der Waals surface area contributed by atoms with E-state index in [0.29, 0.717) is 28.9 Å². The van der Waals surface area contributed by atoms with Crippen molar-refractivity contribution in [1.29, 1.82) is 0 Å². The molecule has 0 bridgehead atoms. The Hall–Kier alpha value is -2.86. The second-order valence-corrected chi connectivity index (χ2v) is 7.22. The molecule has 0 spiro atoms. The van der Waals surface area contributed by atoms with Gasteiger partial charge in [0.15, 0.2) is 11.5 Å². The minimum atomic E-state index is -0.0889. The summed E-state index contributed by atoms with van der Waals surface area (Å²) in [5, 5.41) is 5.88. The Kier molecular flexibility index (Phi) is 6.08. The van der Waals surface area contributed by atoms with Crippen LogP contribution in [0.1, 0.15) is 30.5 Å². The lowest BCUT2D eigenvalue weighted by molar-refractivity contribution is -0.115. The molecule has 3 aromatic rings. The molecule has 0 aliphatic rings. The van der Waals surface area contributed by atoms with Gasteiger partial charge in [0.25, 0.3) is 0 Å². The van der Waals surface area contributed by atoms with Gasteiger partial charge in [0.1, 0.15) is 5.75 Å². The quantitative estimate of drug-likeness (QED) is 0.606. The molecule has 0 radical (unpaired) electrons. The van der Waals surface area contributed by atoms with Gasteiger partial charge in [-0.3, -0.25) is 4.79 Å². The molecule has 1 N–H and O–H groups in total. The summed E-state index contributed by atoms with van der Waals surface area (Å²) >= 11 is 1.59. The number of thiazole rings is 1. The molecule has 3 rings (SSSR count). The molecule has 140 valence electrons. The van der Waals surface area contributed by atoms with Gasteiger partial charge >= 0.3 is 0 Å². The highest BCUT2D eigenvalue weighted by atomic mass is 32.1. The van der Waals surface area contributed by atoms with Crippen LogP contribution in [0.3, 0.4) is 0 Å². The average Bonchev–Trinajstić information content (AvgIpc) is 3.12. The van der Waals surface area contributed by atoms with E-state index in [1.54, 1.807) is 18.4 Å². The molecule has 1 amide bonds. The standard InChI is InChI=1S/C21H22N2O3S/c1-14(2)21-23-16(13-27-21)12-20(24)22-15-8-10-17(11-9-15)26-19-7-5-4-6-18(19)25-3/h4-11,13-14H,12H2,1-3H3,(H,22,24). The normalized spacial score (nSPS) is 10.7. The molecule has 0 aliphatic heterocycles. The molecular formula is C21H22N2O3S. The van der Waals surface area contributed by atoms with Gasteiger partial charge in [-0.15, -0.1) is 11.3 Å². The summed E-state index contributed by atoms with van der Waals surface area (Å²) < 4.78 is 11.1. The van der Waals surface area contributed by atoms with E-state index in [1.165, 1.54) is 0 Å². The Labute approximate surface area is 163 Å². The fraction of sp³-hybridized carbons (Fsp3) is 0.238. The van der Waals surface area contributed by atoms with Gasteiger partial charge in [-0.2, -0.15) is 0 Å². The average molecular weight is 382 g/mol. The summed E-state index contributed by atoms with van der Waals surface area (Å²) in [6, 6.07) is 14.7. The van der Waals surface area contributed by atoms with E-state index in [-0.39, 0.29) is 12.3 Å². The van der Waals surface area contributed by atoms with Gasteiger partial charge in [0.2, 0.25) is 5.91 Å². The van der Waals surface area contributed by atoms with E-state index >= 15 is 0 Å². The number of aromatic nitrogens is 1. The first-order valence-electron chi connectivity index (χ1n) is 8.70. The van der Waals surface area contributed by atoms with Crippen LogP contribution in [0.2, 0.25) is 0 Å². The number of anilines is 1. The zero-order chi connectivity index (χ0) is 19.2. The molecule has 2 aromatic carbocycles. The molecular weight excluding hydrogens is 360 g/mol. The lowest BCUT2D eigenvalue weighted by atomic mass is 10.2. The Morgan fingerprint density at radius 1 is 1.11 bits per heavy atom. The number of benzene rings is 2. The maximum absolute atomic E-state index is 12.2. The van der Waals surface area contributed by atoms with Crippen LogP contribution in [-0.2, 0) is 11.2 Å². The number of hydrogen-bond acceptors (Lipinski definition) is 5. The number of carbonyl (C=O) groups excluding carboxylic acids is 1. The van der Waals surface area contributed by atoms with Gasteiger partial charge in [-0.05, 0) is 36.4 Å². The van der Waals surface area contributed by atoms with Gasteiger partial charge in [-0.25, -0.2) is 4.98 Å². The smallest absolute Gasteiger partial charge is 0.230 e. The maximum atomic E-state index is 12.2. The van der Waals surface area contributed by atoms with Gasteiger partial charge in [0.05, 0.1) is 24.2 Å². The number of amides is 1. The first-order valence-corrected chi connectivity index (χ1v) is 9.58. The fourth-order valence-corrected chi connectivity index (χ4v) is 3.31. The third kappa shape index (κ3) is 5.08. The van der Waals surface area contributed by atoms with E-state index in [9.17, 15) is 4.79 Å². The summed E-state index contributed by atoms with van der Waals surface area (Å²) in [5.41, 5.74) is 1.52. The summed E-state index contributed by atoms with van der Waals surface area (Å²) in [6.45, 7) is 4.19. The van der Waals surface area contributed by atoms with Crippen LogP contribution in [-0.4, -0.2) is 18.0 Å². The number of carbonyl (C=O) groups is 1. The molecule has 0 unspecified atom stereocenters. The summed E-state index contributed by atoms with van der Waals surface area (Å²) in [5.74, 6) is 2.26. The van der Waals surface area contributed by atoms with Crippen molar-refractivity contribution in [1.82, 2.24) is 4.98 Å². The monoisotopic (exact) mass is 382 g/mol. The number of methoxy groups -OCH3 is 1. The number of nitrogens with one attached hydrogen (secondary N) is 1. The molecule has 0 saturated heterocycles. The fourth-order valence-electron chi connectivity index (χ4n) is 2.48. The van der Waals surface area contributed by atoms with Crippen molar-refractivity contribution in [3.05, 3.63) is 64.6 Å². The van der Waals surface area contributed by atoms with Gasteiger partial charge in [-0.1, -0.05) is 26.0 Å². The number of ether oxygens (including phenoxy) is 2. The highest BCUT2D eigenvalue weighted by Crippen LogP contribution is 2.31. The van der Waals surface area contributed by atoms with Crippen LogP contribution in [0, 0.1) is 0 Å². The molecule has 0 atom stereocenters. The second-order valence-electron chi connectivity index (χ2n) is 6.33. The van der Waals surface area contributed by atoms with Gasteiger partial charge < -0.3 is 14.8 Å². The maximum Gasteiger partial charge on any atom is 0.230 e. The SMILES string of the molecule is COc1ccccc1Oc1ccc(NC(=O)Cc2csc(C(C)C)n2)cc1. The number of para-hydroxylation sites is 2. The van der Waals surface area contributed by atoms with Crippen LogP contribution in [0.25, 0.3) is 0 Å². The van der Waals surface area contributed by atoms with E-state index in [2.05, 4.69) is 24.1 Å². The van der Waals surface area contributed by atoms with Crippen LogP contribution >= 0.6 is 11.3 Å². The van der Waals surface area contributed by atoms with Crippen LogP contribution in [0.4, 0.5) is 5.69 Å². The highest BCUT2D eigenvalue weighted by Gasteiger charge is 2.10. The Morgan fingerprint density at radius 3 is 2.44 bits per heavy atom. The zero-order valence-corrected chi connectivity index (χ0v) is 16.4. The predicted molar refractivity (Wildman–Crippen MR) is 108 cm³/mol. The minimum Gasteiger partial charge on any atom is -0.493 e. The summed E-state index contributed by atoms with van der Waals surface area (Å²) in [7, 11) is 1.60. The number of hydrogen-bond donors (Lipinski definition) is 1. The molecule has 1 heterocycles. The molecule has 1 aromatic heterocycles.